The second-order valence-corrected chi connectivity index (χ2v) is 5.79. The van der Waals surface area contributed by atoms with Crippen LogP contribution in [-0.2, 0) is 11.3 Å². The number of thiazole rings is 1. The number of nitrogens with one attached hydrogen (secondary N) is 1. The number of nitrogens with two attached hydrogens (primary N) is 1. The van der Waals surface area contributed by atoms with Crippen molar-refractivity contribution in [1.82, 2.24) is 14.9 Å². The quantitative estimate of drug-likeness (QED) is 0.882. The Morgan fingerprint density at radius 1 is 1.55 bits per heavy atom. The third kappa shape index (κ3) is 3.45. The Morgan fingerprint density at radius 2 is 2.30 bits per heavy atom. The van der Waals surface area contributed by atoms with Crippen molar-refractivity contribution < 1.29 is 4.79 Å². The van der Waals surface area contributed by atoms with Crippen LogP contribution in [0.15, 0.2) is 29.3 Å². The molecule has 2 aromatic rings. The molecule has 0 radical (unpaired) electrons. The first-order chi connectivity index (χ1) is 9.45. The van der Waals surface area contributed by atoms with E-state index in [2.05, 4.69) is 10.3 Å². The van der Waals surface area contributed by atoms with Gasteiger partial charge in [0, 0.05) is 29.0 Å². The normalized spacial score (nSPS) is 12.1. The fraction of sp³-hybridized carbons (Fsp3) is 0.308. The third-order valence-corrected chi connectivity index (χ3v) is 3.80. The van der Waals surface area contributed by atoms with Gasteiger partial charge in [0.15, 0.2) is 0 Å². The topological polar surface area (TPSA) is 90.0 Å². The zero-order valence-corrected chi connectivity index (χ0v) is 12.1. The summed E-state index contributed by atoms with van der Waals surface area (Å²) in [6.45, 7) is 3.76. The summed E-state index contributed by atoms with van der Waals surface area (Å²) >= 11 is 1.54. The summed E-state index contributed by atoms with van der Waals surface area (Å²) in [5.74, 6) is -0.252. The minimum Gasteiger partial charge on any atom is -0.398 e. The van der Waals surface area contributed by atoms with E-state index in [9.17, 15) is 9.59 Å². The number of aryl methyl sites for hydroxylation is 1. The summed E-state index contributed by atoms with van der Waals surface area (Å²) in [5.41, 5.74) is 5.79. The number of carbonyl (C=O) groups excluding carboxylic acids is 1. The molecule has 106 valence electrons. The molecule has 0 spiro atoms. The average Bonchev–Trinajstić information content (AvgIpc) is 2.80. The number of aromatic nitrogens is 2. The highest BCUT2D eigenvalue weighted by Crippen LogP contribution is 2.18. The first-order valence-electron chi connectivity index (χ1n) is 6.13. The molecule has 1 atom stereocenters. The van der Waals surface area contributed by atoms with Crippen LogP contribution >= 0.6 is 11.3 Å². The van der Waals surface area contributed by atoms with E-state index in [-0.39, 0.29) is 24.1 Å². The maximum Gasteiger partial charge on any atom is 0.251 e. The van der Waals surface area contributed by atoms with E-state index < -0.39 is 0 Å². The maximum atomic E-state index is 11.9. The number of pyridine rings is 1. The Kier molecular flexibility index (Phi) is 4.19. The molecule has 0 bridgehead atoms. The molecule has 1 amide bonds. The largest absolute Gasteiger partial charge is 0.398 e. The van der Waals surface area contributed by atoms with E-state index in [0.717, 1.165) is 9.88 Å². The molecule has 6 nitrogen and oxygen atoms in total. The molecule has 0 aromatic carbocycles. The predicted octanol–water partition coefficient (Wildman–Crippen LogP) is 1.07. The van der Waals surface area contributed by atoms with Crippen LogP contribution < -0.4 is 16.6 Å². The van der Waals surface area contributed by atoms with Crippen molar-refractivity contribution in [2.75, 3.05) is 5.73 Å². The van der Waals surface area contributed by atoms with Gasteiger partial charge in [0.2, 0.25) is 5.91 Å². The van der Waals surface area contributed by atoms with E-state index in [1.807, 2.05) is 13.8 Å². The molecule has 0 fully saturated rings. The van der Waals surface area contributed by atoms with Crippen molar-refractivity contribution in [1.29, 1.82) is 0 Å². The first-order valence-corrected chi connectivity index (χ1v) is 6.95. The lowest BCUT2D eigenvalue weighted by molar-refractivity contribution is -0.122. The summed E-state index contributed by atoms with van der Waals surface area (Å²) in [4.78, 5) is 28.8. The van der Waals surface area contributed by atoms with Gasteiger partial charge in [0.05, 0.1) is 6.04 Å². The molecule has 2 heterocycles. The maximum absolute atomic E-state index is 11.9. The number of hydrogen-bond acceptors (Lipinski definition) is 5. The number of amides is 1. The van der Waals surface area contributed by atoms with E-state index in [4.69, 9.17) is 5.73 Å². The smallest absolute Gasteiger partial charge is 0.251 e. The van der Waals surface area contributed by atoms with Crippen molar-refractivity contribution in [2.45, 2.75) is 26.4 Å². The number of hydrogen-bond donors (Lipinski definition) is 2. The summed E-state index contributed by atoms with van der Waals surface area (Å²) in [5, 5.41) is 3.66. The zero-order chi connectivity index (χ0) is 14.7. The van der Waals surface area contributed by atoms with Gasteiger partial charge in [-0.15, -0.1) is 11.3 Å². The Morgan fingerprint density at radius 3 is 2.95 bits per heavy atom. The van der Waals surface area contributed by atoms with Crippen LogP contribution in [-0.4, -0.2) is 15.5 Å². The molecular formula is C13H16N4O2S. The molecule has 0 aliphatic carbocycles. The van der Waals surface area contributed by atoms with Gasteiger partial charge >= 0.3 is 0 Å². The average molecular weight is 292 g/mol. The molecule has 2 rings (SSSR count). The van der Waals surface area contributed by atoms with Crippen LogP contribution in [0.4, 0.5) is 5.69 Å². The first kappa shape index (κ1) is 14.3. The van der Waals surface area contributed by atoms with E-state index >= 15 is 0 Å². The van der Waals surface area contributed by atoms with Crippen LogP contribution in [0.2, 0.25) is 0 Å². The number of anilines is 1. The lowest BCUT2D eigenvalue weighted by atomic mass is 10.3. The minimum atomic E-state index is -0.257. The SMILES string of the molecule is Cc1cnc(C(C)NC(=O)Cn2cc(N)ccc2=O)s1. The molecule has 3 N–H and O–H groups in total. The van der Waals surface area contributed by atoms with Crippen molar-refractivity contribution in [3.05, 3.63) is 44.8 Å². The second-order valence-electron chi connectivity index (χ2n) is 4.53. The minimum absolute atomic E-state index is 0.0570. The molecule has 2 aromatic heterocycles. The lowest BCUT2D eigenvalue weighted by Crippen LogP contribution is -2.33. The number of nitrogens with zero attached hydrogens (tertiary/aromatic N) is 2. The summed E-state index contributed by atoms with van der Waals surface area (Å²) < 4.78 is 1.28. The molecule has 0 saturated heterocycles. The van der Waals surface area contributed by atoms with Gasteiger partial charge in [0.25, 0.3) is 5.56 Å². The Hall–Kier alpha value is -2.15. The van der Waals surface area contributed by atoms with Gasteiger partial charge in [-0.05, 0) is 19.9 Å². The molecule has 0 aliphatic heterocycles. The number of rotatable bonds is 4. The Bertz CT molecular complexity index is 677. The molecule has 20 heavy (non-hydrogen) atoms. The van der Waals surface area contributed by atoms with Gasteiger partial charge < -0.3 is 15.6 Å². The molecule has 0 aliphatic rings. The highest BCUT2D eigenvalue weighted by Gasteiger charge is 2.13. The highest BCUT2D eigenvalue weighted by molar-refractivity contribution is 7.11. The van der Waals surface area contributed by atoms with Gasteiger partial charge in [-0.2, -0.15) is 0 Å². The third-order valence-electron chi connectivity index (χ3n) is 2.71. The summed E-state index contributed by atoms with van der Waals surface area (Å²) in [7, 11) is 0. The van der Waals surface area contributed by atoms with Gasteiger partial charge in [-0.25, -0.2) is 4.98 Å². The monoisotopic (exact) mass is 292 g/mol. The molecule has 1 unspecified atom stereocenters. The van der Waals surface area contributed by atoms with E-state index in [0.29, 0.717) is 5.69 Å². The van der Waals surface area contributed by atoms with Crippen molar-refractivity contribution in [2.24, 2.45) is 0 Å². The molecule has 7 heteroatoms. The standard InChI is InChI=1S/C13H16N4O2S/c1-8-5-15-13(20-8)9(2)16-11(18)7-17-6-10(14)3-4-12(17)19/h3-6,9H,7,14H2,1-2H3,(H,16,18). The van der Waals surface area contributed by atoms with Crippen LogP contribution in [0.1, 0.15) is 22.9 Å². The zero-order valence-electron chi connectivity index (χ0n) is 11.3. The lowest BCUT2D eigenvalue weighted by Gasteiger charge is -2.12. The van der Waals surface area contributed by atoms with Crippen molar-refractivity contribution in [3.63, 3.8) is 0 Å². The van der Waals surface area contributed by atoms with E-state index in [1.165, 1.54) is 34.2 Å². The molecular weight excluding hydrogens is 276 g/mol. The predicted molar refractivity (Wildman–Crippen MR) is 78.5 cm³/mol. The summed E-state index contributed by atoms with van der Waals surface area (Å²) in [6.07, 6.45) is 3.23. The van der Waals surface area contributed by atoms with Gasteiger partial charge in [-0.1, -0.05) is 0 Å². The second kappa shape index (κ2) is 5.87. The van der Waals surface area contributed by atoms with Crippen LogP contribution in [0, 0.1) is 6.92 Å². The van der Waals surface area contributed by atoms with Crippen molar-refractivity contribution >= 4 is 22.9 Å². The molecule has 0 saturated carbocycles. The van der Waals surface area contributed by atoms with Crippen LogP contribution in [0.25, 0.3) is 0 Å². The van der Waals surface area contributed by atoms with E-state index in [1.54, 1.807) is 6.20 Å². The highest BCUT2D eigenvalue weighted by atomic mass is 32.1. The van der Waals surface area contributed by atoms with Gasteiger partial charge in [-0.3, -0.25) is 9.59 Å². The fourth-order valence-electron chi connectivity index (χ4n) is 1.75. The summed E-state index contributed by atoms with van der Waals surface area (Å²) in [6, 6.07) is 2.67. The Balaban J connectivity index is 2.02. The van der Waals surface area contributed by atoms with Crippen LogP contribution in [0.5, 0.6) is 0 Å². The number of carbonyl (C=O) groups is 1. The fourth-order valence-corrected chi connectivity index (χ4v) is 2.53. The number of nitrogen functional groups attached to an aromatic ring is 1. The Labute approximate surface area is 120 Å². The van der Waals surface area contributed by atoms with Crippen molar-refractivity contribution in [3.8, 4) is 0 Å². The van der Waals surface area contributed by atoms with Crippen LogP contribution in [0.3, 0.4) is 0 Å². The van der Waals surface area contributed by atoms with Gasteiger partial charge in [0.1, 0.15) is 11.6 Å².